The zero-order valence-electron chi connectivity index (χ0n) is 57.8. The first-order chi connectivity index (χ1) is 46.7. The van der Waals surface area contributed by atoms with Crippen molar-refractivity contribution in [1.29, 1.82) is 0 Å². The highest BCUT2D eigenvalue weighted by Crippen LogP contribution is 2.71. The number of imide groups is 1. The highest BCUT2D eigenvalue weighted by Gasteiger charge is 2.66. The number of allylic oxidation sites excluding steroid dienone is 1. The maximum Gasteiger partial charge on any atom is 0.409 e. The molecule has 11 rings (SSSR count). The second-order valence-electron chi connectivity index (χ2n) is 28.7. The number of carbonyl (C=O) groups is 8. The molecule has 6 N–H and O–H groups in total. The Labute approximate surface area is 577 Å². The fraction of sp³-hybridized carbons (Fsp3) is 0.500. The summed E-state index contributed by atoms with van der Waals surface area (Å²) in [5.41, 5.74) is 12.4. The van der Waals surface area contributed by atoms with E-state index in [2.05, 4.69) is 34.8 Å². The van der Waals surface area contributed by atoms with Crippen LogP contribution in [0.25, 0.3) is 15.8 Å². The minimum absolute atomic E-state index is 0.0425. The highest BCUT2D eigenvalue weighted by molar-refractivity contribution is 7.22. The first-order valence-electron chi connectivity index (χ1n) is 33.9. The molecule has 4 heterocycles. The van der Waals surface area contributed by atoms with Crippen molar-refractivity contribution in [3.05, 3.63) is 125 Å². The van der Waals surface area contributed by atoms with E-state index >= 15 is 0 Å². The number of aromatic carboxylic acids is 1. The molecule has 2 aromatic heterocycles. The third kappa shape index (κ3) is 17.0. The molecule has 23 nitrogen and oxygen atoms in total. The summed E-state index contributed by atoms with van der Waals surface area (Å²) >= 11 is 1.37. The Morgan fingerprint density at radius 1 is 0.847 bits per heavy atom. The lowest BCUT2D eigenvalue weighted by Crippen LogP contribution is -2.64. The number of carbonyl (C=O) groups excluding carboxylic acids is 7. The first-order valence-corrected chi connectivity index (χ1v) is 34.7. The van der Waals surface area contributed by atoms with E-state index in [4.69, 9.17) is 29.9 Å². The van der Waals surface area contributed by atoms with Crippen LogP contribution in [-0.4, -0.2) is 157 Å². The molecule has 6 aliphatic rings. The monoisotopic (exact) mass is 1360 g/mol. The van der Waals surface area contributed by atoms with Crippen molar-refractivity contribution in [2.24, 2.45) is 38.8 Å². The highest BCUT2D eigenvalue weighted by atomic mass is 32.1. The molecule has 4 atom stereocenters. The number of aliphatic imine (C=N–C) groups is 1. The second kappa shape index (κ2) is 30.5. The number of anilines is 4. The van der Waals surface area contributed by atoms with Crippen LogP contribution in [0.2, 0.25) is 0 Å². The molecule has 4 fully saturated rings. The van der Waals surface area contributed by atoms with E-state index in [0.29, 0.717) is 103 Å². The molecule has 2 unspecified atom stereocenters. The van der Waals surface area contributed by atoms with Crippen molar-refractivity contribution in [3.63, 3.8) is 0 Å². The molecule has 0 spiro atoms. The van der Waals surface area contributed by atoms with Gasteiger partial charge in [-0.15, -0.1) is 0 Å². The van der Waals surface area contributed by atoms with Crippen molar-refractivity contribution in [2.75, 3.05) is 87.6 Å². The fourth-order valence-corrected chi connectivity index (χ4v) is 17.0. The number of likely N-dealkylation sites (N-methyl/N-ethyl adjacent to an activating group) is 2. The van der Waals surface area contributed by atoms with Crippen molar-refractivity contribution >= 4 is 103 Å². The van der Waals surface area contributed by atoms with Gasteiger partial charge in [-0.05, 0) is 152 Å². The van der Waals surface area contributed by atoms with Gasteiger partial charge < -0.3 is 50.4 Å². The average Bonchev–Trinajstić information content (AvgIpc) is 0.791. The number of amides is 6. The van der Waals surface area contributed by atoms with Gasteiger partial charge in [-0.3, -0.25) is 44.0 Å². The number of carboxylic acid groups (broad SMARTS) is 1. The van der Waals surface area contributed by atoms with E-state index in [-0.39, 0.29) is 108 Å². The number of Topliss-reactive ketones (excluding diaryl/α,β-unsaturated/α-hetero) is 1. The van der Waals surface area contributed by atoms with E-state index in [9.17, 15) is 43.5 Å². The molecule has 0 saturated heterocycles. The summed E-state index contributed by atoms with van der Waals surface area (Å²) in [7, 11) is 5.23. The number of hydrogen-bond acceptors (Lipinski definition) is 18. The lowest BCUT2D eigenvalue weighted by atomic mass is 9.39. The summed E-state index contributed by atoms with van der Waals surface area (Å²) in [6.07, 6.45) is 11.9. The van der Waals surface area contributed by atoms with Gasteiger partial charge in [0, 0.05) is 131 Å². The number of aromatic nitrogens is 2. The molecule has 4 bridgehead atoms. The quantitative estimate of drug-likeness (QED) is 0.0156. The predicted octanol–water partition coefficient (Wildman–Crippen LogP) is 10.6. The Hall–Kier alpha value is -8.87. The topological polar surface area (TPSA) is 298 Å². The number of ether oxygens (including phenoxy) is 3. The Balaban J connectivity index is 0.742. The SMILES string of the molecule is COCCOC12CC3(C)CC(C)(CC(CN=C(C)C(=CN)c4ccc(N5CCc6cc(N(C)CCN(C)C(=O)OCc7ccc(NC(=O)[C@H](C)CC(=O)[C@@H](NC(=O)CCCCCN8C(=O)C=CC8=O)C(C)C)cc7)cc(C(=O)Nc7nc8ccccc8s7)c6C5)nc4C(=O)O)(C3)C1)C2. The number of carboxylic acids is 1. The Kier molecular flexibility index (Phi) is 22.4. The minimum Gasteiger partial charge on any atom is -0.476 e. The lowest BCUT2D eigenvalue weighted by molar-refractivity contribution is -0.244. The predicted molar refractivity (Wildman–Crippen MR) is 378 cm³/mol. The zero-order valence-corrected chi connectivity index (χ0v) is 58.6. The van der Waals surface area contributed by atoms with Gasteiger partial charge >= 0.3 is 12.1 Å². The Morgan fingerprint density at radius 2 is 1.57 bits per heavy atom. The van der Waals surface area contributed by atoms with Crippen LogP contribution in [0.4, 0.5) is 27.1 Å². The number of rotatable bonds is 31. The molecule has 24 heteroatoms. The molecule has 0 radical (unpaired) electrons. The summed E-state index contributed by atoms with van der Waals surface area (Å²) in [6.45, 7) is 15.3. The van der Waals surface area contributed by atoms with Crippen LogP contribution >= 0.6 is 11.3 Å². The van der Waals surface area contributed by atoms with Crippen LogP contribution in [0.5, 0.6) is 0 Å². The molecule has 522 valence electrons. The molecule has 5 aromatic rings. The number of methoxy groups -OCH3 is 1. The number of benzene rings is 3. The number of pyridine rings is 1. The standard InChI is InChI=1S/C74H93N11O12S/c1-46(2)64(80-61(87)17-11-10-14-27-85-62(88)24-25-63(85)89)58(86)33-47(3)66(90)77-51-20-18-49(19-21-51)38-96-70(94)83(8)30-29-82(7)52-34-50-26-28-84(37-56(50)54(35-52)67(91)81-69-78-57-15-12-13-16-59(57)98-69)60-23-22-53(65(79-60)68(92)93)55(36-75)48(4)76-45-73-40-71(5)39-72(6,41-73)43-74(42-71,44-73)97-32-31-95-9/h12-13,15-16,18-25,34-36,46-47,64H,10-11,14,17,26-33,37-45,75H2,1-9H3,(H,77,90)(H,80,87)(H,92,93)(H,78,81,91)/t47-,64+,71?,72?,73?,74?/m1/s1. The van der Waals surface area contributed by atoms with Gasteiger partial charge in [0.25, 0.3) is 17.7 Å². The van der Waals surface area contributed by atoms with Gasteiger partial charge in [0.1, 0.15) is 12.4 Å². The molecular formula is C74H93N11O12S. The third-order valence-electron chi connectivity index (χ3n) is 19.9. The first kappa shape index (κ1) is 71.9. The molecule has 3 aromatic carbocycles. The summed E-state index contributed by atoms with van der Waals surface area (Å²) in [6, 6.07) is 21.1. The van der Waals surface area contributed by atoms with Crippen LogP contribution in [0.15, 0.2) is 96.1 Å². The number of fused-ring (bicyclic) bond motifs is 2. The fourth-order valence-electron chi connectivity index (χ4n) is 16.1. The number of nitrogens with zero attached hydrogens (tertiary/aromatic N) is 7. The van der Waals surface area contributed by atoms with E-state index < -0.39 is 24.0 Å². The number of para-hydroxylation sites is 1. The molecule has 4 saturated carbocycles. The van der Waals surface area contributed by atoms with Crippen molar-refractivity contribution in [2.45, 2.75) is 143 Å². The van der Waals surface area contributed by atoms with Crippen LogP contribution < -0.4 is 31.5 Å². The van der Waals surface area contributed by atoms with Crippen molar-refractivity contribution in [1.82, 2.24) is 25.1 Å². The van der Waals surface area contributed by atoms with Gasteiger partial charge in [-0.2, -0.15) is 0 Å². The maximum atomic E-state index is 14.6. The third-order valence-corrected chi connectivity index (χ3v) is 20.9. The molecule has 2 aliphatic heterocycles. The van der Waals surface area contributed by atoms with Gasteiger partial charge in [0.05, 0.1) is 35.1 Å². The molecule has 4 aliphatic carbocycles. The molecule has 6 amide bonds. The van der Waals surface area contributed by atoms with Gasteiger partial charge in [0.2, 0.25) is 11.8 Å². The number of unbranched alkanes of at least 4 members (excludes halogenated alkanes) is 2. The van der Waals surface area contributed by atoms with E-state index in [1.807, 2.05) is 74.0 Å². The molecule has 98 heavy (non-hydrogen) atoms. The largest absolute Gasteiger partial charge is 0.476 e. The Bertz CT molecular complexity index is 3890. The lowest BCUT2D eigenvalue weighted by Gasteiger charge is -2.69. The summed E-state index contributed by atoms with van der Waals surface area (Å²) in [4.78, 5) is 126. The van der Waals surface area contributed by atoms with Crippen LogP contribution in [0.3, 0.4) is 0 Å². The number of hydrogen-bond donors (Lipinski definition) is 5. The minimum atomic E-state index is -1.21. The van der Waals surface area contributed by atoms with Crippen molar-refractivity contribution in [3.8, 4) is 0 Å². The van der Waals surface area contributed by atoms with Crippen molar-refractivity contribution < 1.29 is 57.7 Å². The van der Waals surface area contributed by atoms with E-state index in [1.165, 1.54) is 39.5 Å². The van der Waals surface area contributed by atoms with E-state index in [1.54, 1.807) is 57.5 Å². The van der Waals surface area contributed by atoms with Crippen LogP contribution in [-0.2, 0) is 57.8 Å². The second-order valence-corrected chi connectivity index (χ2v) is 29.7. The number of nitrogens with two attached hydrogens (primary N) is 1. The normalized spacial score (nSPS) is 21.7. The van der Waals surface area contributed by atoms with Gasteiger partial charge in [-0.1, -0.05) is 76.6 Å². The zero-order chi connectivity index (χ0) is 70.3. The Morgan fingerprint density at radius 3 is 2.26 bits per heavy atom. The number of thiazole rings is 1. The summed E-state index contributed by atoms with van der Waals surface area (Å²) in [5, 5.41) is 20.0. The van der Waals surface area contributed by atoms with Gasteiger partial charge in [0.15, 0.2) is 16.6 Å². The van der Waals surface area contributed by atoms with E-state index in [0.717, 1.165) is 65.6 Å². The molecular weight excluding hydrogens is 1270 g/mol. The number of nitrogens with one attached hydrogen (secondary N) is 3. The summed E-state index contributed by atoms with van der Waals surface area (Å²) < 4.78 is 18.7. The van der Waals surface area contributed by atoms with Crippen LogP contribution in [0, 0.1) is 28.1 Å². The van der Waals surface area contributed by atoms with Gasteiger partial charge in [-0.25, -0.2) is 19.6 Å². The summed E-state index contributed by atoms with van der Waals surface area (Å²) in [5.74, 6) is -3.67. The maximum absolute atomic E-state index is 14.6. The van der Waals surface area contributed by atoms with Crippen LogP contribution in [0.1, 0.15) is 155 Å². The average molecular weight is 1360 g/mol. The smallest absolute Gasteiger partial charge is 0.409 e. The number of ketones is 1.